The molecule has 2 heterocycles. The van der Waals surface area contributed by atoms with E-state index in [1.165, 1.54) is 24.3 Å². The van der Waals surface area contributed by atoms with Crippen LogP contribution >= 0.6 is 11.6 Å². The van der Waals surface area contributed by atoms with Gasteiger partial charge in [-0.05, 0) is 6.07 Å². The lowest BCUT2D eigenvalue weighted by atomic mass is 9.96. The largest absolute Gasteiger partial charge is 0.463 e. The van der Waals surface area contributed by atoms with Gasteiger partial charge in [0.1, 0.15) is 37.9 Å². The molecule has 0 aromatic heterocycles. The molecule has 3 rings (SSSR count). The molecule has 0 N–H and O–H groups in total. The van der Waals surface area contributed by atoms with Crippen LogP contribution in [0.5, 0.6) is 0 Å². The highest BCUT2D eigenvalue weighted by molar-refractivity contribution is 6.26. The topological polar surface area (TPSA) is 264 Å². The quantitative estimate of drug-likeness (QED) is 0.126. The lowest BCUT2D eigenvalue weighted by Crippen LogP contribution is -2.67. The van der Waals surface area contributed by atoms with Gasteiger partial charge in [-0.3, -0.25) is 38.4 Å². The molecule has 21 nitrogen and oxygen atoms in total. The van der Waals surface area contributed by atoms with Gasteiger partial charge in [0, 0.05) is 54.0 Å². The molecule has 22 heteroatoms. The number of benzene rings is 1. The Morgan fingerprint density at radius 2 is 0.966 bits per heavy atom. The first-order valence-corrected chi connectivity index (χ1v) is 17.9. The highest BCUT2D eigenvalue weighted by Crippen LogP contribution is 2.36. The standard InChI is InChI=1S/C36H43ClO21/c1-16(38)47-14-25-29(51-19(4)41)31(53-21(6)43)33(35(55-25)54-22(7)44)58-36-32(57-34(46)24-11-9-8-10-23(24)13-49-27(45)12-37)30(52-20(5)42)28(50-18(3)40)26(56-36)15-48-17(2)39/h8-11,25-26,28-33,35-36H,12-15H2,1-7H3/t25-,26-,28-,29-,30+,31+,32-,33-,35+,36+/m1/s1. The number of ether oxygens (including phenoxy) is 12. The number of esters is 9. The van der Waals surface area contributed by atoms with E-state index in [4.69, 9.17) is 68.4 Å². The third-order valence-corrected chi connectivity index (χ3v) is 8.06. The summed E-state index contributed by atoms with van der Waals surface area (Å²) < 4.78 is 66.9. The number of rotatable bonds is 16. The summed E-state index contributed by atoms with van der Waals surface area (Å²) in [7, 11) is 0. The number of halogens is 1. The molecule has 1 aromatic rings. The van der Waals surface area contributed by atoms with Crippen LogP contribution in [0.15, 0.2) is 24.3 Å². The Balaban J connectivity index is 2.25. The monoisotopic (exact) mass is 846 g/mol. The van der Waals surface area contributed by atoms with Gasteiger partial charge in [0.15, 0.2) is 42.9 Å². The second-order valence-electron chi connectivity index (χ2n) is 12.5. The second kappa shape index (κ2) is 22.0. The summed E-state index contributed by atoms with van der Waals surface area (Å²) in [4.78, 5) is 112. The molecule has 2 aliphatic rings. The van der Waals surface area contributed by atoms with E-state index in [0.717, 1.165) is 48.5 Å². The average Bonchev–Trinajstić information content (AvgIpc) is 3.12. The summed E-state index contributed by atoms with van der Waals surface area (Å²) in [6, 6.07) is 5.70. The van der Waals surface area contributed by atoms with Crippen molar-refractivity contribution in [3.63, 3.8) is 0 Å². The minimum absolute atomic E-state index is 0.127. The van der Waals surface area contributed by atoms with E-state index in [-0.39, 0.29) is 11.1 Å². The minimum atomic E-state index is -2.03. The first kappa shape index (κ1) is 47.0. The molecule has 0 spiro atoms. The molecular weight excluding hydrogens is 804 g/mol. The second-order valence-corrected chi connectivity index (χ2v) is 12.8. The molecule has 320 valence electrons. The molecule has 0 bridgehead atoms. The van der Waals surface area contributed by atoms with Crippen molar-refractivity contribution in [3.8, 4) is 0 Å². The molecule has 0 unspecified atom stereocenters. The maximum Gasteiger partial charge on any atom is 0.339 e. The zero-order valence-electron chi connectivity index (χ0n) is 32.4. The van der Waals surface area contributed by atoms with E-state index >= 15 is 0 Å². The van der Waals surface area contributed by atoms with Gasteiger partial charge in [0.25, 0.3) is 0 Å². The molecule has 1 aromatic carbocycles. The fourth-order valence-corrected chi connectivity index (χ4v) is 5.84. The van der Waals surface area contributed by atoms with Crippen molar-refractivity contribution >= 4 is 65.3 Å². The minimum Gasteiger partial charge on any atom is -0.463 e. The van der Waals surface area contributed by atoms with Crippen molar-refractivity contribution in [2.24, 2.45) is 0 Å². The summed E-state index contributed by atoms with van der Waals surface area (Å²) in [5.41, 5.74) is -0.0573. The SMILES string of the molecule is CC(=O)OC[C@H]1O[C@@H](O[C@H]2[C@@H](OC(C)=O)O[C@H](COC(C)=O)[C@@H](OC(C)=O)[C@@H]2OC(C)=O)[C@H](OC(=O)c2ccccc2COC(=O)CCl)[C@@H](OC(C)=O)[C@@H]1OC(C)=O. The predicted octanol–water partition coefficient (Wildman–Crippen LogP) is 0.745. The number of alkyl halides is 1. The lowest BCUT2D eigenvalue weighted by Gasteiger charge is -2.48. The molecule has 2 saturated heterocycles. The number of carbonyl (C=O) groups excluding carboxylic acids is 9. The Bertz CT molecular complexity index is 1700. The summed E-state index contributed by atoms with van der Waals surface area (Å²) >= 11 is 5.54. The molecule has 2 aliphatic heterocycles. The highest BCUT2D eigenvalue weighted by atomic mass is 35.5. The van der Waals surface area contributed by atoms with Crippen LogP contribution in [-0.4, -0.2) is 134 Å². The van der Waals surface area contributed by atoms with Gasteiger partial charge in [0.2, 0.25) is 6.29 Å². The summed E-state index contributed by atoms with van der Waals surface area (Å²) in [6.07, 6.45) is -17.7. The molecule has 2 fully saturated rings. The Morgan fingerprint density at radius 1 is 0.517 bits per heavy atom. The lowest BCUT2D eigenvalue weighted by molar-refractivity contribution is -0.362. The van der Waals surface area contributed by atoms with Gasteiger partial charge in [-0.15, -0.1) is 11.6 Å². The van der Waals surface area contributed by atoms with Crippen LogP contribution in [0.3, 0.4) is 0 Å². The van der Waals surface area contributed by atoms with E-state index in [0.29, 0.717) is 0 Å². The number of hydrogen-bond donors (Lipinski definition) is 0. The van der Waals surface area contributed by atoms with Crippen LogP contribution in [0.25, 0.3) is 0 Å². The van der Waals surface area contributed by atoms with Gasteiger partial charge in [-0.2, -0.15) is 0 Å². The van der Waals surface area contributed by atoms with Crippen molar-refractivity contribution < 1.29 is 100.0 Å². The van der Waals surface area contributed by atoms with Crippen molar-refractivity contribution in [1.82, 2.24) is 0 Å². The third kappa shape index (κ3) is 13.9. The van der Waals surface area contributed by atoms with Crippen LogP contribution in [0.1, 0.15) is 64.4 Å². The normalized spacial score (nSPS) is 26.4. The van der Waals surface area contributed by atoms with E-state index < -0.39 is 141 Å². The molecule has 0 amide bonds. The Hall–Kier alpha value is -5.38. The number of hydrogen-bond acceptors (Lipinski definition) is 21. The molecule has 0 radical (unpaired) electrons. The first-order valence-electron chi connectivity index (χ1n) is 17.4. The van der Waals surface area contributed by atoms with Crippen molar-refractivity contribution in [1.29, 1.82) is 0 Å². The van der Waals surface area contributed by atoms with Gasteiger partial charge < -0.3 is 56.8 Å². The molecule has 10 atom stereocenters. The highest BCUT2D eigenvalue weighted by Gasteiger charge is 2.58. The maximum absolute atomic E-state index is 14.0. The van der Waals surface area contributed by atoms with E-state index in [1.807, 2.05) is 0 Å². The Labute approximate surface area is 335 Å². The third-order valence-electron chi connectivity index (χ3n) is 7.84. The molecule has 58 heavy (non-hydrogen) atoms. The van der Waals surface area contributed by atoms with Crippen LogP contribution in [0.2, 0.25) is 0 Å². The van der Waals surface area contributed by atoms with Crippen LogP contribution in [0, 0.1) is 0 Å². The zero-order valence-corrected chi connectivity index (χ0v) is 33.1. The van der Waals surface area contributed by atoms with Gasteiger partial charge in [-0.1, -0.05) is 18.2 Å². The smallest absolute Gasteiger partial charge is 0.339 e. The fraction of sp³-hybridized carbons (Fsp3) is 0.583. The zero-order chi connectivity index (χ0) is 43.3. The molecule has 0 aliphatic carbocycles. The van der Waals surface area contributed by atoms with Gasteiger partial charge in [-0.25, -0.2) is 4.79 Å². The van der Waals surface area contributed by atoms with Crippen molar-refractivity contribution in [2.75, 3.05) is 19.1 Å². The Morgan fingerprint density at radius 3 is 1.43 bits per heavy atom. The maximum atomic E-state index is 14.0. The van der Waals surface area contributed by atoms with E-state index in [9.17, 15) is 43.2 Å². The average molecular weight is 847 g/mol. The summed E-state index contributed by atoms with van der Waals surface area (Å²) in [6.45, 7) is 5.36. The van der Waals surface area contributed by atoms with Crippen molar-refractivity contribution in [2.45, 2.75) is 116 Å². The van der Waals surface area contributed by atoms with Crippen LogP contribution in [-0.2, 0) is 102 Å². The van der Waals surface area contributed by atoms with Gasteiger partial charge >= 0.3 is 53.7 Å². The van der Waals surface area contributed by atoms with Crippen molar-refractivity contribution in [3.05, 3.63) is 35.4 Å². The van der Waals surface area contributed by atoms with Gasteiger partial charge in [0.05, 0.1) is 5.56 Å². The summed E-state index contributed by atoms with van der Waals surface area (Å²) in [5, 5.41) is 0. The fourth-order valence-electron chi connectivity index (χ4n) is 5.77. The van der Waals surface area contributed by atoms with E-state index in [2.05, 4.69) is 0 Å². The first-order chi connectivity index (χ1) is 27.3. The Kier molecular flexibility index (Phi) is 17.8. The number of carbonyl (C=O) groups is 9. The molecular formula is C36H43ClO21. The van der Waals surface area contributed by atoms with Crippen LogP contribution < -0.4 is 0 Å². The van der Waals surface area contributed by atoms with E-state index in [1.54, 1.807) is 0 Å². The molecule has 0 saturated carbocycles. The predicted molar refractivity (Wildman–Crippen MR) is 186 cm³/mol. The van der Waals surface area contributed by atoms with Crippen LogP contribution in [0.4, 0.5) is 0 Å². The summed E-state index contributed by atoms with van der Waals surface area (Å²) in [5.74, 6) is -8.89.